The largest absolute Gasteiger partial charge is 0.286 e. The fraction of sp³-hybridized carbons (Fsp3) is 0.0909. The number of nitro benzene ring substituents is 2. The maximum atomic E-state index is 14.5. The van der Waals surface area contributed by atoms with Crippen LogP contribution in [-0.4, -0.2) is 46.2 Å². The third-order valence-electron chi connectivity index (χ3n) is 9.95. The topological polar surface area (TPSA) is 215 Å². The standard InChI is InChI=1S/C44H32Cl2N8O8S6/c1-25-5-9-29(10-6-25)41-47-51(31-13-17-33(18-14-31)53(55)56)43(63-41)49-67(59,60)39-21-27(3)35(45)23-37(39)65-66-38-24-36(46)28(4)22-40(38)68(61,62)50-44-52(32-15-19-34(20-16-32)54(57)58)48-42(64-44)30-11-7-26(2)8-12-30/h5-24H,1-4H3/b49-43-,50-44-. The van der Waals surface area contributed by atoms with Crippen LogP contribution in [0.1, 0.15) is 22.3 Å². The molecule has 0 aliphatic heterocycles. The van der Waals surface area contributed by atoms with Crippen LogP contribution in [0.2, 0.25) is 10.0 Å². The number of benzene rings is 6. The monoisotopic (exact) mass is 1060 g/mol. The van der Waals surface area contributed by atoms with Gasteiger partial charge in [0.05, 0.1) is 21.2 Å². The SMILES string of the molecule is Cc1ccc(-c2nn(-c3ccc([N+](=O)[O-])cc3)/c(=N/S(=O)(=O)c3cc(C)c(Cl)cc3SSc3cc(Cl)c(C)cc3S(=O)(=O)/N=c3\sc(-c4ccc(C)cc4)nn3-c3ccc([N+](=O)[O-])cc3)s2)cc1. The molecule has 0 fully saturated rings. The molecule has 0 radical (unpaired) electrons. The Morgan fingerprint density at radius 1 is 0.544 bits per heavy atom. The molecule has 16 nitrogen and oxygen atoms in total. The van der Waals surface area contributed by atoms with E-state index in [0.717, 1.165) is 55.4 Å². The summed E-state index contributed by atoms with van der Waals surface area (Å²) in [6.07, 6.45) is 0. The van der Waals surface area contributed by atoms with Gasteiger partial charge in [0.1, 0.15) is 19.8 Å². The van der Waals surface area contributed by atoms with Crippen LogP contribution < -0.4 is 9.60 Å². The Morgan fingerprint density at radius 3 is 1.21 bits per heavy atom. The molecular weight excluding hydrogens is 1030 g/mol. The molecule has 0 saturated carbocycles. The molecule has 0 N–H and O–H groups in total. The molecular formula is C44H32Cl2N8O8S6. The van der Waals surface area contributed by atoms with Gasteiger partial charge in [0.25, 0.3) is 31.4 Å². The molecule has 68 heavy (non-hydrogen) atoms. The van der Waals surface area contributed by atoms with Crippen molar-refractivity contribution in [3.8, 4) is 32.5 Å². The summed E-state index contributed by atoms with van der Waals surface area (Å²) in [4.78, 5) is 21.4. The first kappa shape index (κ1) is 48.5. The normalized spacial score (nSPS) is 12.4. The van der Waals surface area contributed by atoms with Crippen molar-refractivity contribution in [3.05, 3.63) is 183 Å². The zero-order valence-corrected chi connectivity index (χ0v) is 42.0. The number of aryl methyl sites for hydroxylation is 4. The number of halogens is 2. The molecule has 0 aliphatic rings. The van der Waals surface area contributed by atoms with Crippen LogP contribution in [0.4, 0.5) is 11.4 Å². The van der Waals surface area contributed by atoms with Gasteiger partial charge in [-0.3, -0.25) is 20.2 Å². The lowest BCUT2D eigenvalue weighted by Gasteiger charge is -2.12. The van der Waals surface area contributed by atoms with E-state index in [2.05, 4.69) is 19.0 Å². The van der Waals surface area contributed by atoms with Crippen molar-refractivity contribution < 1.29 is 26.7 Å². The van der Waals surface area contributed by atoms with E-state index in [-0.39, 0.29) is 50.6 Å². The van der Waals surface area contributed by atoms with Crippen LogP contribution in [-0.2, 0) is 20.0 Å². The first-order valence-corrected chi connectivity index (χ1v) is 27.1. The summed E-state index contributed by atoms with van der Waals surface area (Å²) >= 11 is 15.2. The summed E-state index contributed by atoms with van der Waals surface area (Å²) in [5, 5.41) is 33.5. The lowest BCUT2D eigenvalue weighted by molar-refractivity contribution is -0.385. The molecule has 0 amide bonds. The molecule has 2 aromatic heterocycles. The van der Waals surface area contributed by atoms with E-state index in [9.17, 15) is 37.1 Å². The Morgan fingerprint density at radius 2 is 0.882 bits per heavy atom. The summed E-state index contributed by atoms with van der Waals surface area (Å²) in [6.45, 7) is 7.10. The van der Waals surface area contributed by atoms with Crippen LogP contribution in [0.5, 0.6) is 0 Å². The Hall–Kier alpha value is -5.98. The number of sulfonamides is 2. The summed E-state index contributed by atoms with van der Waals surface area (Å²) in [5.41, 5.74) is 4.47. The molecule has 6 aromatic carbocycles. The van der Waals surface area contributed by atoms with Gasteiger partial charge in [-0.15, -0.1) is 8.80 Å². The van der Waals surface area contributed by atoms with Gasteiger partial charge in [-0.05, 0) is 87.4 Å². The van der Waals surface area contributed by atoms with Crippen molar-refractivity contribution in [2.75, 3.05) is 0 Å². The quantitative estimate of drug-likeness (QED) is 0.0599. The Bertz CT molecular complexity index is 3430. The van der Waals surface area contributed by atoms with E-state index < -0.39 is 29.9 Å². The molecule has 8 aromatic rings. The van der Waals surface area contributed by atoms with Gasteiger partial charge in [-0.1, -0.05) is 127 Å². The molecule has 8 rings (SSSR count). The highest BCUT2D eigenvalue weighted by molar-refractivity contribution is 8.76. The fourth-order valence-corrected chi connectivity index (χ4v) is 14.6. The Balaban J connectivity index is 1.20. The van der Waals surface area contributed by atoms with Gasteiger partial charge < -0.3 is 0 Å². The van der Waals surface area contributed by atoms with E-state index >= 15 is 0 Å². The van der Waals surface area contributed by atoms with Crippen molar-refractivity contribution in [2.24, 2.45) is 8.80 Å². The van der Waals surface area contributed by atoms with Crippen LogP contribution in [0.25, 0.3) is 32.5 Å². The number of nitro groups is 2. The lowest BCUT2D eigenvalue weighted by Crippen LogP contribution is -2.17. The molecule has 0 bridgehead atoms. The second-order valence-electron chi connectivity index (χ2n) is 14.9. The Kier molecular flexibility index (Phi) is 13.9. The minimum absolute atomic E-state index is 0.0643. The molecule has 346 valence electrons. The molecule has 0 unspecified atom stereocenters. The second kappa shape index (κ2) is 19.6. The zero-order chi connectivity index (χ0) is 48.7. The molecule has 24 heteroatoms. The number of aromatic nitrogens is 4. The third-order valence-corrected chi connectivity index (χ3v) is 18.2. The number of rotatable bonds is 13. The van der Waals surface area contributed by atoms with E-state index in [4.69, 9.17) is 23.2 Å². The number of hydrogen-bond donors (Lipinski definition) is 0. The predicted octanol–water partition coefficient (Wildman–Crippen LogP) is 11.3. The summed E-state index contributed by atoms with van der Waals surface area (Å²) in [7, 11) is -7.41. The predicted molar refractivity (Wildman–Crippen MR) is 266 cm³/mol. The van der Waals surface area contributed by atoms with E-state index in [1.807, 2.05) is 62.4 Å². The van der Waals surface area contributed by atoms with Gasteiger partial charge in [0, 0.05) is 55.2 Å². The van der Waals surface area contributed by atoms with Crippen LogP contribution in [0, 0.1) is 47.9 Å². The first-order chi connectivity index (χ1) is 32.3. The first-order valence-electron chi connectivity index (χ1n) is 19.7. The average Bonchev–Trinajstić information content (AvgIpc) is 3.91. The molecule has 0 aliphatic carbocycles. The summed E-state index contributed by atoms with van der Waals surface area (Å²) < 4.78 is 69.3. The van der Waals surface area contributed by atoms with E-state index in [1.54, 1.807) is 13.8 Å². The van der Waals surface area contributed by atoms with Gasteiger partial charge in [0.15, 0.2) is 0 Å². The van der Waals surface area contributed by atoms with Crippen LogP contribution in [0.15, 0.2) is 150 Å². The number of nitrogens with zero attached hydrogens (tertiary/aromatic N) is 8. The number of hydrogen-bond acceptors (Lipinski definition) is 14. The lowest BCUT2D eigenvalue weighted by atomic mass is 10.2. The molecule has 0 saturated heterocycles. The van der Waals surface area contributed by atoms with Crippen molar-refractivity contribution >= 4 is 98.9 Å². The van der Waals surface area contributed by atoms with E-state index in [1.165, 1.54) is 82.2 Å². The second-order valence-corrected chi connectivity index (χ2v) is 23.0. The maximum Gasteiger partial charge on any atom is 0.286 e. The third kappa shape index (κ3) is 10.5. The summed E-state index contributed by atoms with van der Waals surface area (Å²) in [5.74, 6) is 0. The van der Waals surface area contributed by atoms with Crippen molar-refractivity contribution in [2.45, 2.75) is 47.3 Å². The van der Waals surface area contributed by atoms with Crippen molar-refractivity contribution in [1.82, 2.24) is 19.6 Å². The maximum absolute atomic E-state index is 14.5. The molecule has 0 spiro atoms. The zero-order valence-electron chi connectivity index (χ0n) is 35.6. The van der Waals surface area contributed by atoms with Gasteiger partial charge in [-0.25, -0.2) is 9.36 Å². The number of non-ortho nitro benzene ring substituents is 2. The van der Waals surface area contributed by atoms with Gasteiger partial charge in [0.2, 0.25) is 9.60 Å². The van der Waals surface area contributed by atoms with Gasteiger partial charge in [-0.2, -0.15) is 27.0 Å². The fourth-order valence-electron chi connectivity index (χ4n) is 6.28. The highest BCUT2D eigenvalue weighted by Crippen LogP contribution is 2.46. The van der Waals surface area contributed by atoms with E-state index in [0.29, 0.717) is 43.6 Å². The van der Waals surface area contributed by atoms with Crippen molar-refractivity contribution in [1.29, 1.82) is 0 Å². The highest BCUT2D eigenvalue weighted by Gasteiger charge is 2.26. The van der Waals surface area contributed by atoms with Crippen LogP contribution >= 0.6 is 67.5 Å². The average molecular weight is 1060 g/mol. The van der Waals surface area contributed by atoms with Crippen molar-refractivity contribution in [3.63, 3.8) is 0 Å². The minimum atomic E-state index is -4.61. The molecule has 0 atom stereocenters. The molecule has 2 heterocycles. The Labute approximate surface area is 414 Å². The van der Waals surface area contributed by atoms with Gasteiger partial charge >= 0.3 is 0 Å². The smallest absolute Gasteiger partial charge is 0.258 e. The van der Waals surface area contributed by atoms with Crippen LogP contribution in [0.3, 0.4) is 0 Å². The minimum Gasteiger partial charge on any atom is -0.258 e. The summed E-state index contributed by atoms with van der Waals surface area (Å²) in [6, 6.07) is 31.3. The highest BCUT2D eigenvalue weighted by atomic mass is 35.5.